The van der Waals surface area contributed by atoms with E-state index >= 15 is 0 Å². The third-order valence-corrected chi connectivity index (χ3v) is 7.98. The highest BCUT2D eigenvalue weighted by molar-refractivity contribution is 7.09. The van der Waals surface area contributed by atoms with Gasteiger partial charge in [0.15, 0.2) is 0 Å². The number of rotatable bonds is 7. The summed E-state index contributed by atoms with van der Waals surface area (Å²) in [6.07, 6.45) is 1.12. The van der Waals surface area contributed by atoms with Crippen molar-refractivity contribution < 1.29 is 29.3 Å². The molecule has 0 spiro atoms. The van der Waals surface area contributed by atoms with Gasteiger partial charge in [-0.3, -0.25) is 9.59 Å². The summed E-state index contributed by atoms with van der Waals surface area (Å²) in [4.78, 5) is 45.0. The highest BCUT2D eigenvalue weighted by Gasteiger charge is 2.61. The fourth-order valence-electron chi connectivity index (χ4n) is 4.86. The predicted octanol–water partition coefficient (Wildman–Crippen LogP) is 4.26. The standard InChI is InChI=1S/C25H27N3O6S2/c1-24(2,3)17-6-5-14(11-18(17)34-4)21(29)28-19(20-26-8-10-35-20)16(22(30)31)13-25(28,23(32)33)12-15-7-9-36-27-15/h5-11,16,19H,12-13H2,1-4H3,(H,30,31)(H,32,33)/t16-,19+,25-/m0/s1. The van der Waals surface area contributed by atoms with Crippen LogP contribution in [-0.4, -0.2) is 55.0 Å². The molecule has 0 unspecified atom stereocenters. The van der Waals surface area contributed by atoms with Gasteiger partial charge in [-0.1, -0.05) is 26.8 Å². The van der Waals surface area contributed by atoms with Gasteiger partial charge in [0, 0.05) is 28.9 Å². The van der Waals surface area contributed by atoms with E-state index in [1.165, 1.54) is 29.5 Å². The van der Waals surface area contributed by atoms with Gasteiger partial charge >= 0.3 is 11.9 Å². The third-order valence-electron chi connectivity index (χ3n) is 6.54. The smallest absolute Gasteiger partial charge is 0.330 e. The second-order valence-corrected chi connectivity index (χ2v) is 11.4. The summed E-state index contributed by atoms with van der Waals surface area (Å²) in [5.74, 6) is -3.74. The second kappa shape index (κ2) is 9.62. The van der Waals surface area contributed by atoms with Gasteiger partial charge in [0.2, 0.25) is 0 Å². The van der Waals surface area contributed by atoms with Crippen LogP contribution >= 0.6 is 22.9 Å². The van der Waals surface area contributed by atoms with Crippen molar-refractivity contribution >= 4 is 40.7 Å². The molecule has 1 saturated heterocycles. The van der Waals surface area contributed by atoms with Crippen LogP contribution in [0.2, 0.25) is 0 Å². The zero-order valence-electron chi connectivity index (χ0n) is 20.3. The van der Waals surface area contributed by atoms with Gasteiger partial charge in [0.25, 0.3) is 5.91 Å². The van der Waals surface area contributed by atoms with Crippen molar-refractivity contribution in [3.8, 4) is 5.75 Å². The monoisotopic (exact) mass is 529 g/mol. The lowest BCUT2D eigenvalue weighted by atomic mass is 9.85. The normalized spacial score (nSPS) is 21.9. The summed E-state index contributed by atoms with van der Waals surface area (Å²) in [5.41, 5.74) is -0.523. The fourth-order valence-corrected chi connectivity index (χ4v) is 6.19. The molecule has 0 radical (unpaired) electrons. The molecule has 36 heavy (non-hydrogen) atoms. The summed E-state index contributed by atoms with van der Waals surface area (Å²) in [6.45, 7) is 6.06. The zero-order valence-corrected chi connectivity index (χ0v) is 21.9. The van der Waals surface area contributed by atoms with Gasteiger partial charge < -0.3 is 19.8 Å². The number of hydrogen-bond acceptors (Lipinski definition) is 8. The Kier molecular flexibility index (Phi) is 6.89. The maximum atomic E-state index is 14.2. The van der Waals surface area contributed by atoms with Crippen LogP contribution in [0.15, 0.2) is 41.2 Å². The van der Waals surface area contributed by atoms with E-state index < -0.39 is 35.3 Å². The number of hydrogen-bond donors (Lipinski definition) is 2. The number of benzene rings is 1. The molecule has 1 fully saturated rings. The van der Waals surface area contributed by atoms with Crippen LogP contribution in [0, 0.1) is 5.92 Å². The highest BCUT2D eigenvalue weighted by atomic mass is 32.1. The number of thiazole rings is 1. The van der Waals surface area contributed by atoms with E-state index in [0.717, 1.165) is 17.1 Å². The first kappa shape index (κ1) is 25.8. The van der Waals surface area contributed by atoms with E-state index in [9.17, 15) is 24.6 Å². The van der Waals surface area contributed by atoms with Crippen molar-refractivity contribution in [1.82, 2.24) is 14.3 Å². The Morgan fingerprint density at radius 3 is 2.47 bits per heavy atom. The summed E-state index contributed by atoms with van der Waals surface area (Å²) < 4.78 is 9.83. The van der Waals surface area contributed by atoms with Gasteiger partial charge in [0.1, 0.15) is 16.3 Å². The molecule has 1 aliphatic heterocycles. The molecule has 0 bridgehead atoms. The van der Waals surface area contributed by atoms with Gasteiger partial charge in [-0.25, -0.2) is 9.78 Å². The van der Waals surface area contributed by atoms with Crippen LogP contribution in [0.5, 0.6) is 5.75 Å². The minimum absolute atomic E-state index is 0.125. The predicted molar refractivity (Wildman–Crippen MR) is 135 cm³/mol. The maximum Gasteiger partial charge on any atom is 0.330 e. The van der Waals surface area contributed by atoms with E-state index in [0.29, 0.717) is 16.5 Å². The number of aromatic nitrogens is 2. The molecule has 11 heteroatoms. The van der Waals surface area contributed by atoms with Crippen molar-refractivity contribution in [2.75, 3.05) is 7.11 Å². The number of carbonyl (C=O) groups is 3. The molecule has 190 valence electrons. The molecule has 9 nitrogen and oxygen atoms in total. The maximum absolute atomic E-state index is 14.2. The fraction of sp³-hybridized carbons (Fsp3) is 0.400. The van der Waals surface area contributed by atoms with Gasteiger partial charge in [-0.05, 0) is 47.1 Å². The Morgan fingerprint density at radius 1 is 1.19 bits per heavy atom. The zero-order chi connectivity index (χ0) is 26.3. The molecule has 1 amide bonds. The van der Waals surface area contributed by atoms with Crippen molar-refractivity contribution in [3.05, 3.63) is 63.1 Å². The van der Waals surface area contributed by atoms with E-state index in [-0.39, 0.29) is 23.8 Å². The molecule has 3 aromatic rings. The Labute approximate surface area is 216 Å². The van der Waals surface area contributed by atoms with Crippen LogP contribution in [0.3, 0.4) is 0 Å². The molecule has 3 atom stereocenters. The summed E-state index contributed by atoms with van der Waals surface area (Å²) >= 11 is 2.36. The molecular formula is C25H27N3O6S2. The van der Waals surface area contributed by atoms with E-state index in [1.807, 2.05) is 20.8 Å². The van der Waals surface area contributed by atoms with Crippen LogP contribution in [0.25, 0.3) is 0 Å². The van der Waals surface area contributed by atoms with Crippen LogP contribution in [0.4, 0.5) is 0 Å². The summed E-state index contributed by atoms with van der Waals surface area (Å²) in [6, 6.07) is 5.64. The Balaban J connectivity index is 1.91. The minimum atomic E-state index is -1.83. The van der Waals surface area contributed by atoms with Crippen LogP contribution in [-0.2, 0) is 21.4 Å². The molecule has 1 aliphatic rings. The highest BCUT2D eigenvalue weighted by Crippen LogP contribution is 2.50. The number of carboxylic acid groups (broad SMARTS) is 2. The van der Waals surface area contributed by atoms with Gasteiger partial charge in [-0.15, -0.1) is 11.3 Å². The lowest BCUT2D eigenvalue weighted by Gasteiger charge is -2.37. The van der Waals surface area contributed by atoms with E-state index in [1.54, 1.807) is 35.0 Å². The number of likely N-dealkylation sites (tertiary alicyclic amines) is 1. The second-order valence-electron chi connectivity index (χ2n) is 9.81. The average Bonchev–Trinajstić information content (AvgIpc) is 3.58. The Hall–Kier alpha value is -3.31. The first-order valence-electron chi connectivity index (χ1n) is 11.3. The number of carboxylic acids is 2. The molecule has 2 aromatic heterocycles. The number of ether oxygens (including phenoxy) is 1. The quantitative estimate of drug-likeness (QED) is 0.464. The van der Waals surface area contributed by atoms with Crippen LogP contribution in [0.1, 0.15) is 59.9 Å². The third kappa shape index (κ3) is 4.48. The lowest BCUT2D eigenvalue weighted by Crippen LogP contribution is -2.55. The average molecular weight is 530 g/mol. The lowest BCUT2D eigenvalue weighted by molar-refractivity contribution is -0.149. The topological polar surface area (TPSA) is 130 Å². The van der Waals surface area contributed by atoms with Gasteiger partial charge in [-0.2, -0.15) is 4.37 Å². The van der Waals surface area contributed by atoms with Crippen molar-refractivity contribution in [3.63, 3.8) is 0 Å². The van der Waals surface area contributed by atoms with Crippen molar-refractivity contribution in [1.29, 1.82) is 0 Å². The first-order valence-corrected chi connectivity index (χ1v) is 13.0. The number of aliphatic carboxylic acids is 2. The molecular weight excluding hydrogens is 502 g/mol. The molecule has 4 rings (SSSR count). The summed E-state index contributed by atoms with van der Waals surface area (Å²) in [7, 11) is 1.51. The van der Waals surface area contributed by atoms with E-state index in [2.05, 4.69) is 9.36 Å². The van der Waals surface area contributed by atoms with Crippen LogP contribution < -0.4 is 4.74 Å². The number of carbonyl (C=O) groups excluding carboxylic acids is 1. The Morgan fingerprint density at radius 2 is 1.94 bits per heavy atom. The molecule has 3 heterocycles. The number of methoxy groups -OCH3 is 1. The number of amides is 1. The van der Waals surface area contributed by atoms with Crippen molar-refractivity contribution in [2.45, 2.75) is 50.6 Å². The Bertz CT molecular complexity index is 1270. The molecule has 1 aromatic carbocycles. The molecule has 0 aliphatic carbocycles. The molecule has 2 N–H and O–H groups in total. The SMILES string of the molecule is COc1cc(C(=O)N2[C@@H](c3nccs3)[C@@H](C(=O)O)C[C@@]2(Cc2ccsn2)C(=O)O)ccc1C(C)(C)C. The minimum Gasteiger partial charge on any atom is -0.496 e. The number of nitrogens with zero attached hydrogens (tertiary/aromatic N) is 3. The summed E-state index contributed by atoms with van der Waals surface area (Å²) in [5, 5.41) is 24.4. The van der Waals surface area contributed by atoms with Gasteiger partial charge in [0.05, 0.1) is 24.8 Å². The van der Waals surface area contributed by atoms with E-state index in [4.69, 9.17) is 4.74 Å². The first-order chi connectivity index (χ1) is 17.0. The largest absolute Gasteiger partial charge is 0.496 e. The molecule has 0 saturated carbocycles. The van der Waals surface area contributed by atoms with Crippen molar-refractivity contribution in [2.24, 2.45) is 5.92 Å².